The van der Waals surface area contributed by atoms with Crippen molar-refractivity contribution in [3.05, 3.63) is 35.6 Å². The van der Waals surface area contributed by atoms with E-state index in [0.717, 1.165) is 37.2 Å². The van der Waals surface area contributed by atoms with Crippen LogP contribution in [0.5, 0.6) is 0 Å². The van der Waals surface area contributed by atoms with E-state index in [1.54, 1.807) is 0 Å². The lowest BCUT2D eigenvalue weighted by atomic mass is 9.86. The van der Waals surface area contributed by atoms with Gasteiger partial charge in [0, 0.05) is 10.9 Å². The number of rotatable bonds is 6. The van der Waals surface area contributed by atoms with E-state index in [4.69, 9.17) is 4.42 Å². The summed E-state index contributed by atoms with van der Waals surface area (Å²) in [5.74, 6) is 1.08. The maximum Gasteiger partial charge on any atom is 0.138 e. The molecule has 1 aromatic carbocycles. The second kappa shape index (κ2) is 6.65. The van der Waals surface area contributed by atoms with E-state index >= 15 is 0 Å². The number of nitrogens with one attached hydrogen (secondary N) is 1. The van der Waals surface area contributed by atoms with Crippen LogP contribution in [-0.2, 0) is 5.41 Å². The third-order valence-electron chi connectivity index (χ3n) is 3.93. The van der Waals surface area contributed by atoms with Crippen molar-refractivity contribution < 1.29 is 4.42 Å². The molecule has 0 aliphatic rings. The second-order valence-electron chi connectivity index (χ2n) is 6.92. The predicted molar refractivity (Wildman–Crippen MR) is 90.9 cm³/mol. The highest BCUT2D eigenvalue weighted by Crippen LogP contribution is 2.34. The van der Waals surface area contributed by atoms with Crippen molar-refractivity contribution in [2.45, 2.75) is 65.3 Å². The Kier molecular flexibility index (Phi) is 5.10. The highest BCUT2D eigenvalue weighted by molar-refractivity contribution is 5.82. The Morgan fingerprint density at radius 1 is 1.14 bits per heavy atom. The molecule has 21 heavy (non-hydrogen) atoms. The molecule has 2 rings (SSSR count). The molecule has 0 fully saturated rings. The van der Waals surface area contributed by atoms with Gasteiger partial charge in [-0.05, 0) is 30.9 Å². The van der Waals surface area contributed by atoms with Crippen LogP contribution in [0.15, 0.2) is 28.7 Å². The SMILES string of the molecule is CCCNC(CCC)c1cc2cccc(C(C)(C)C)c2o1. The van der Waals surface area contributed by atoms with Crippen LogP contribution >= 0.6 is 0 Å². The third kappa shape index (κ3) is 3.68. The zero-order valence-electron chi connectivity index (χ0n) is 14.1. The fraction of sp³-hybridized carbons (Fsp3) is 0.579. The fourth-order valence-electron chi connectivity index (χ4n) is 2.80. The highest BCUT2D eigenvalue weighted by atomic mass is 16.3. The quantitative estimate of drug-likeness (QED) is 0.751. The first-order valence-corrected chi connectivity index (χ1v) is 8.23. The van der Waals surface area contributed by atoms with E-state index in [0.29, 0.717) is 6.04 Å². The molecule has 1 heterocycles. The van der Waals surface area contributed by atoms with E-state index in [2.05, 4.69) is 64.2 Å². The van der Waals surface area contributed by atoms with Gasteiger partial charge in [-0.1, -0.05) is 59.2 Å². The summed E-state index contributed by atoms with van der Waals surface area (Å²) in [6, 6.07) is 9.02. The fourth-order valence-corrected chi connectivity index (χ4v) is 2.80. The standard InChI is InChI=1S/C19H29NO/c1-6-9-16(20-12-7-2)17-13-14-10-8-11-15(18(14)21-17)19(3,4)5/h8,10-11,13,16,20H,6-7,9,12H2,1-5H3. The maximum absolute atomic E-state index is 6.27. The predicted octanol–water partition coefficient (Wildman–Crippen LogP) is 5.57. The minimum Gasteiger partial charge on any atom is -0.459 e. The smallest absolute Gasteiger partial charge is 0.138 e. The van der Waals surface area contributed by atoms with Crippen LogP contribution in [0.4, 0.5) is 0 Å². The van der Waals surface area contributed by atoms with Gasteiger partial charge in [0.1, 0.15) is 11.3 Å². The number of furan rings is 1. The van der Waals surface area contributed by atoms with Crippen LogP contribution in [0.25, 0.3) is 11.0 Å². The first-order valence-electron chi connectivity index (χ1n) is 8.23. The summed E-state index contributed by atoms with van der Waals surface area (Å²) >= 11 is 0. The molecule has 0 bridgehead atoms. The van der Waals surface area contributed by atoms with Crippen LogP contribution in [-0.4, -0.2) is 6.54 Å². The molecule has 1 unspecified atom stereocenters. The van der Waals surface area contributed by atoms with Gasteiger partial charge in [-0.25, -0.2) is 0 Å². The minimum atomic E-state index is 0.103. The summed E-state index contributed by atoms with van der Waals surface area (Å²) in [6.45, 7) is 12.2. The third-order valence-corrected chi connectivity index (χ3v) is 3.93. The van der Waals surface area contributed by atoms with Crippen LogP contribution in [0.3, 0.4) is 0 Å². The van der Waals surface area contributed by atoms with Crippen molar-refractivity contribution in [3.8, 4) is 0 Å². The molecule has 116 valence electrons. The van der Waals surface area contributed by atoms with Gasteiger partial charge in [0.25, 0.3) is 0 Å². The van der Waals surface area contributed by atoms with Gasteiger partial charge in [0.05, 0.1) is 6.04 Å². The second-order valence-corrected chi connectivity index (χ2v) is 6.92. The largest absolute Gasteiger partial charge is 0.459 e. The van der Waals surface area contributed by atoms with Gasteiger partial charge in [-0.15, -0.1) is 0 Å². The molecule has 0 saturated carbocycles. The molecule has 0 aliphatic carbocycles. The van der Waals surface area contributed by atoms with Gasteiger partial charge >= 0.3 is 0 Å². The molecule has 0 spiro atoms. The lowest BCUT2D eigenvalue weighted by Gasteiger charge is -2.19. The highest BCUT2D eigenvalue weighted by Gasteiger charge is 2.21. The average Bonchev–Trinajstić information content (AvgIpc) is 2.85. The molecule has 0 aliphatic heterocycles. The summed E-state index contributed by atoms with van der Waals surface area (Å²) in [7, 11) is 0. The van der Waals surface area contributed by atoms with Crippen LogP contribution in [0.2, 0.25) is 0 Å². The summed E-state index contributed by atoms with van der Waals surface area (Å²) in [5.41, 5.74) is 2.45. The first kappa shape index (κ1) is 16.1. The molecular formula is C19H29NO. The number of hydrogen-bond acceptors (Lipinski definition) is 2. The molecule has 0 radical (unpaired) electrons. The normalized spacial score (nSPS) is 13.8. The number of fused-ring (bicyclic) bond motifs is 1. The van der Waals surface area contributed by atoms with E-state index < -0.39 is 0 Å². The van der Waals surface area contributed by atoms with E-state index in [-0.39, 0.29) is 5.41 Å². The van der Waals surface area contributed by atoms with Crippen LogP contribution in [0.1, 0.15) is 71.2 Å². The molecule has 2 nitrogen and oxygen atoms in total. The Bertz CT molecular complexity index is 577. The topological polar surface area (TPSA) is 25.2 Å². The Morgan fingerprint density at radius 2 is 1.90 bits per heavy atom. The summed E-state index contributed by atoms with van der Waals surface area (Å²) < 4.78 is 6.27. The Hall–Kier alpha value is -1.28. The Morgan fingerprint density at radius 3 is 2.52 bits per heavy atom. The monoisotopic (exact) mass is 287 g/mol. The summed E-state index contributed by atoms with van der Waals surface area (Å²) in [4.78, 5) is 0. The summed E-state index contributed by atoms with van der Waals surface area (Å²) in [6.07, 6.45) is 3.42. The molecule has 2 aromatic rings. The van der Waals surface area contributed by atoms with E-state index in [1.807, 2.05) is 0 Å². The molecule has 1 N–H and O–H groups in total. The van der Waals surface area contributed by atoms with Gasteiger partial charge < -0.3 is 9.73 Å². The Balaban J connectivity index is 2.41. The molecule has 1 aromatic heterocycles. The van der Waals surface area contributed by atoms with Crippen molar-refractivity contribution in [1.29, 1.82) is 0 Å². The van der Waals surface area contributed by atoms with Gasteiger partial charge in [0.2, 0.25) is 0 Å². The van der Waals surface area contributed by atoms with Crippen LogP contribution < -0.4 is 5.32 Å². The van der Waals surface area contributed by atoms with Crippen molar-refractivity contribution in [1.82, 2.24) is 5.32 Å². The number of benzene rings is 1. The molecular weight excluding hydrogens is 258 g/mol. The Labute approximate surface area is 128 Å². The zero-order valence-corrected chi connectivity index (χ0v) is 14.1. The van der Waals surface area contributed by atoms with Crippen molar-refractivity contribution in [2.75, 3.05) is 6.54 Å². The molecule has 0 saturated heterocycles. The summed E-state index contributed by atoms with van der Waals surface area (Å²) in [5, 5.41) is 4.83. The lowest BCUT2D eigenvalue weighted by Crippen LogP contribution is -2.21. The van der Waals surface area contributed by atoms with Gasteiger partial charge in [-0.3, -0.25) is 0 Å². The number of hydrogen-bond donors (Lipinski definition) is 1. The lowest BCUT2D eigenvalue weighted by molar-refractivity contribution is 0.405. The maximum atomic E-state index is 6.27. The van der Waals surface area contributed by atoms with Gasteiger partial charge in [-0.2, -0.15) is 0 Å². The minimum absolute atomic E-state index is 0.103. The zero-order chi connectivity index (χ0) is 15.5. The number of para-hydroxylation sites is 1. The average molecular weight is 287 g/mol. The molecule has 0 amide bonds. The molecule has 2 heteroatoms. The van der Waals surface area contributed by atoms with Crippen LogP contribution in [0, 0.1) is 0 Å². The van der Waals surface area contributed by atoms with Crippen molar-refractivity contribution >= 4 is 11.0 Å². The van der Waals surface area contributed by atoms with E-state index in [1.165, 1.54) is 10.9 Å². The molecule has 1 atom stereocenters. The van der Waals surface area contributed by atoms with E-state index in [9.17, 15) is 0 Å². The van der Waals surface area contributed by atoms with Crippen molar-refractivity contribution in [2.24, 2.45) is 0 Å². The van der Waals surface area contributed by atoms with Crippen molar-refractivity contribution in [3.63, 3.8) is 0 Å². The first-order chi connectivity index (χ1) is 9.97. The van der Waals surface area contributed by atoms with Gasteiger partial charge in [0.15, 0.2) is 0 Å².